The summed E-state index contributed by atoms with van der Waals surface area (Å²) in [6.45, 7) is 3.68. The van der Waals surface area contributed by atoms with Crippen LogP contribution in [0, 0.1) is 0 Å². The summed E-state index contributed by atoms with van der Waals surface area (Å²) in [5, 5.41) is 0. The average Bonchev–Trinajstić information content (AvgIpc) is 2.08. The first-order valence-corrected chi connectivity index (χ1v) is 5.37. The number of nitrogens with two attached hydrogens (primary N) is 1. The zero-order chi connectivity index (χ0) is 10.8. The van der Waals surface area contributed by atoms with E-state index in [-0.39, 0.29) is 0 Å². The molecule has 4 heteroatoms. The number of hydrogen-bond acceptors (Lipinski definition) is 2. The van der Waals surface area contributed by atoms with Gasteiger partial charge in [-0.1, -0.05) is 24.4 Å². The summed E-state index contributed by atoms with van der Waals surface area (Å²) in [6.07, 6.45) is 0. The van der Waals surface area contributed by atoms with Crippen molar-refractivity contribution in [3.63, 3.8) is 0 Å². The number of benzene rings is 1. The lowest BCUT2D eigenvalue weighted by molar-refractivity contribution is 0.182. The van der Waals surface area contributed by atoms with Crippen LogP contribution in [0.25, 0.3) is 0 Å². The molecule has 2 nitrogen and oxygen atoms in total. The molecule has 0 amide bonds. The summed E-state index contributed by atoms with van der Waals surface area (Å²) < 4.78 is 6.57. The Hall–Kier alpha value is -0.610. The Kier molecular flexibility index (Phi) is 3.50. The van der Waals surface area contributed by atoms with Crippen LogP contribution in [0.2, 0.25) is 0 Å². The van der Waals surface area contributed by atoms with Gasteiger partial charge in [-0.15, -0.1) is 0 Å². The SMILES string of the molecule is CC(C)(Oc1ccccc1Br)C(N)=S. The van der Waals surface area contributed by atoms with Gasteiger partial charge >= 0.3 is 0 Å². The van der Waals surface area contributed by atoms with Crippen molar-refractivity contribution in [3.05, 3.63) is 28.7 Å². The molecule has 0 fully saturated rings. The molecule has 0 heterocycles. The van der Waals surface area contributed by atoms with Crippen LogP contribution in [0.4, 0.5) is 0 Å². The van der Waals surface area contributed by atoms with Crippen molar-refractivity contribution in [1.82, 2.24) is 0 Å². The van der Waals surface area contributed by atoms with Gasteiger partial charge in [0.2, 0.25) is 0 Å². The minimum absolute atomic E-state index is 0.341. The van der Waals surface area contributed by atoms with Gasteiger partial charge in [-0.2, -0.15) is 0 Å². The highest BCUT2D eigenvalue weighted by atomic mass is 79.9. The van der Waals surface area contributed by atoms with Crippen molar-refractivity contribution >= 4 is 33.1 Å². The minimum Gasteiger partial charge on any atom is -0.480 e. The zero-order valence-electron chi connectivity index (χ0n) is 8.08. The van der Waals surface area contributed by atoms with E-state index in [0.717, 1.165) is 10.2 Å². The predicted molar refractivity (Wildman–Crippen MR) is 65.6 cm³/mol. The molecule has 76 valence electrons. The van der Waals surface area contributed by atoms with Crippen LogP contribution in [0.5, 0.6) is 5.75 Å². The summed E-state index contributed by atoms with van der Waals surface area (Å²) in [6, 6.07) is 7.59. The highest BCUT2D eigenvalue weighted by molar-refractivity contribution is 9.10. The molecule has 0 aromatic heterocycles. The number of ether oxygens (including phenoxy) is 1. The first-order valence-electron chi connectivity index (χ1n) is 4.17. The topological polar surface area (TPSA) is 35.2 Å². The van der Waals surface area contributed by atoms with Gasteiger partial charge in [0.05, 0.1) is 4.47 Å². The Bertz CT molecular complexity index is 352. The van der Waals surface area contributed by atoms with E-state index in [0.29, 0.717) is 4.99 Å². The Morgan fingerprint density at radius 1 is 1.43 bits per heavy atom. The van der Waals surface area contributed by atoms with Gasteiger partial charge in [0.15, 0.2) is 5.60 Å². The third kappa shape index (κ3) is 2.69. The third-order valence-electron chi connectivity index (χ3n) is 1.80. The van der Waals surface area contributed by atoms with Crippen LogP contribution in [-0.2, 0) is 0 Å². The minimum atomic E-state index is -0.626. The van der Waals surface area contributed by atoms with E-state index in [4.69, 9.17) is 22.7 Å². The molecule has 0 bridgehead atoms. The van der Waals surface area contributed by atoms with Crippen molar-refractivity contribution in [3.8, 4) is 5.75 Å². The summed E-state index contributed by atoms with van der Waals surface area (Å²) in [5.41, 5.74) is 4.93. The summed E-state index contributed by atoms with van der Waals surface area (Å²) in [5.74, 6) is 0.741. The quantitative estimate of drug-likeness (QED) is 0.861. The van der Waals surface area contributed by atoms with Gasteiger partial charge in [0.25, 0.3) is 0 Å². The second-order valence-electron chi connectivity index (χ2n) is 3.41. The molecule has 0 aliphatic carbocycles. The lowest BCUT2D eigenvalue weighted by Gasteiger charge is -2.25. The lowest BCUT2D eigenvalue weighted by Crippen LogP contribution is -2.42. The van der Waals surface area contributed by atoms with E-state index in [1.54, 1.807) is 0 Å². The van der Waals surface area contributed by atoms with Crippen LogP contribution in [-0.4, -0.2) is 10.6 Å². The van der Waals surface area contributed by atoms with Crippen molar-refractivity contribution in [1.29, 1.82) is 0 Å². The van der Waals surface area contributed by atoms with Gasteiger partial charge < -0.3 is 10.5 Å². The van der Waals surface area contributed by atoms with E-state index in [9.17, 15) is 0 Å². The van der Waals surface area contributed by atoms with Crippen molar-refractivity contribution in [2.24, 2.45) is 5.73 Å². The van der Waals surface area contributed by atoms with E-state index < -0.39 is 5.60 Å². The molecule has 1 rings (SSSR count). The highest BCUT2D eigenvalue weighted by Gasteiger charge is 2.24. The maximum absolute atomic E-state index is 5.68. The number of thiocarbonyl (C=S) groups is 1. The van der Waals surface area contributed by atoms with Gasteiger partial charge in [0.1, 0.15) is 10.7 Å². The second kappa shape index (κ2) is 4.28. The summed E-state index contributed by atoms with van der Waals surface area (Å²) >= 11 is 8.30. The van der Waals surface area contributed by atoms with Crippen LogP contribution < -0.4 is 10.5 Å². The number of hydrogen-bond donors (Lipinski definition) is 1. The zero-order valence-corrected chi connectivity index (χ0v) is 10.5. The van der Waals surface area contributed by atoms with E-state index in [1.807, 2.05) is 38.1 Å². The first-order chi connectivity index (χ1) is 6.43. The largest absolute Gasteiger partial charge is 0.480 e. The Balaban J connectivity index is 2.89. The molecular weight excluding hydrogens is 262 g/mol. The van der Waals surface area contributed by atoms with Crippen LogP contribution in [0.1, 0.15) is 13.8 Å². The van der Waals surface area contributed by atoms with Gasteiger partial charge in [-0.3, -0.25) is 0 Å². The molecule has 14 heavy (non-hydrogen) atoms. The Morgan fingerprint density at radius 2 is 2.00 bits per heavy atom. The van der Waals surface area contributed by atoms with Crippen molar-refractivity contribution < 1.29 is 4.74 Å². The molecule has 1 aromatic rings. The summed E-state index contributed by atoms with van der Waals surface area (Å²) in [4.78, 5) is 0.341. The second-order valence-corrected chi connectivity index (χ2v) is 4.70. The number of para-hydroxylation sites is 1. The fourth-order valence-corrected chi connectivity index (χ4v) is 1.26. The van der Waals surface area contributed by atoms with Crippen molar-refractivity contribution in [2.75, 3.05) is 0 Å². The fourth-order valence-electron chi connectivity index (χ4n) is 0.853. The molecule has 0 radical (unpaired) electrons. The third-order valence-corrected chi connectivity index (χ3v) is 2.94. The molecule has 0 atom stereocenters. The average molecular weight is 274 g/mol. The standard InChI is InChI=1S/C10H12BrNOS/c1-10(2,9(12)14)13-8-6-4-3-5-7(8)11/h3-6H,1-2H3,(H2,12,14). The maximum Gasteiger partial charge on any atom is 0.153 e. The molecule has 0 aliphatic rings. The maximum atomic E-state index is 5.68. The van der Waals surface area contributed by atoms with Crippen molar-refractivity contribution in [2.45, 2.75) is 19.4 Å². The monoisotopic (exact) mass is 273 g/mol. The lowest BCUT2D eigenvalue weighted by atomic mass is 10.1. The Morgan fingerprint density at radius 3 is 2.50 bits per heavy atom. The number of halogens is 1. The van der Waals surface area contributed by atoms with Crippen LogP contribution >= 0.6 is 28.1 Å². The molecule has 0 saturated heterocycles. The highest BCUT2D eigenvalue weighted by Crippen LogP contribution is 2.27. The Labute approximate surface area is 97.6 Å². The predicted octanol–water partition coefficient (Wildman–Crippen LogP) is 2.89. The van der Waals surface area contributed by atoms with Crippen LogP contribution in [0.3, 0.4) is 0 Å². The van der Waals surface area contributed by atoms with Gasteiger partial charge in [-0.25, -0.2) is 0 Å². The normalized spacial score (nSPS) is 11.1. The van der Waals surface area contributed by atoms with E-state index in [1.165, 1.54) is 0 Å². The molecule has 0 saturated carbocycles. The van der Waals surface area contributed by atoms with E-state index in [2.05, 4.69) is 15.9 Å². The van der Waals surface area contributed by atoms with Gasteiger partial charge in [0, 0.05) is 0 Å². The smallest absolute Gasteiger partial charge is 0.153 e. The molecule has 0 aliphatic heterocycles. The molecule has 2 N–H and O–H groups in total. The number of rotatable bonds is 3. The fraction of sp³-hybridized carbons (Fsp3) is 0.300. The van der Waals surface area contributed by atoms with E-state index >= 15 is 0 Å². The first kappa shape index (κ1) is 11.5. The molecule has 0 spiro atoms. The van der Waals surface area contributed by atoms with Gasteiger partial charge in [-0.05, 0) is 41.9 Å². The molecule has 0 unspecified atom stereocenters. The summed E-state index contributed by atoms with van der Waals surface area (Å²) in [7, 11) is 0. The van der Waals surface area contributed by atoms with Crippen LogP contribution in [0.15, 0.2) is 28.7 Å². The molecule has 1 aromatic carbocycles. The molecular formula is C10H12BrNOS.